The molecule has 6 heteroatoms. The second-order valence-electron chi connectivity index (χ2n) is 3.83. The molecule has 0 atom stereocenters. The number of ether oxygens (including phenoxy) is 1. The Balaban J connectivity index is 2.65. The number of methoxy groups -OCH3 is 1. The first-order chi connectivity index (χ1) is 9.06. The van der Waals surface area contributed by atoms with E-state index >= 15 is 0 Å². The van der Waals surface area contributed by atoms with Gasteiger partial charge in [0.05, 0.1) is 17.1 Å². The van der Waals surface area contributed by atoms with E-state index in [9.17, 15) is 4.79 Å². The highest BCUT2D eigenvalue weighted by Gasteiger charge is 2.11. The first-order valence-electron chi connectivity index (χ1n) is 5.39. The predicted octanol–water partition coefficient (Wildman–Crippen LogP) is 2.09. The Morgan fingerprint density at radius 3 is 2.74 bits per heavy atom. The Hall–Kier alpha value is -2.13. The molecule has 0 fully saturated rings. The largest absolute Gasteiger partial charge is 0.496 e. The molecule has 1 aromatic heterocycles. The molecule has 0 N–H and O–H groups in total. The van der Waals surface area contributed by atoms with E-state index in [4.69, 9.17) is 10.00 Å². The molecule has 0 bridgehead atoms. The number of rotatable bonds is 2. The summed E-state index contributed by atoms with van der Waals surface area (Å²) in [5.41, 5.74) is 1.14. The van der Waals surface area contributed by atoms with Crippen molar-refractivity contribution in [1.29, 1.82) is 5.26 Å². The highest BCUT2D eigenvalue weighted by atomic mass is 79.9. The maximum atomic E-state index is 11.5. The van der Waals surface area contributed by atoms with Crippen LogP contribution in [0.25, 0.3) is 11.3 Å². The third-order valence-electron chi connectivity index (χ3n) is 2.64. The van der Waals surface area contributed by atoms with Crippen LogP contribution in [0.3, 0.4) is 0 Å². The van der Waals surface area contributed by atoms with Crippen LogP contribution in [0, 0.1) is 11.3 Å². The van der Waals surface area contributed by atoms with E-state index in [1.165, 1.54) is 10.7 Å². The Morgan fingerprint density at radius 2 is 2.16 bits per heavy atom. The van der Waals surface area contributed by atoms with Crippen molar-refractivity contribution in [3.8, 4) is 23.1 Å². The standard InChI is InChI=1S/C13H10BrN3O2/c1-17-12(18)6-9(7-15)13(16-17)8-3-4-11(19-2)10(14)5-8/h3-6H,1-2H3. The van der Waals surface area contributed by atoms with E-state index in [1.807, 2.05) is 6.07 Å². The average Bonchev–Trinajstić information content (AvgIpc) is 2.41. The SMILES string of the molecule is COc1ccc(-c2nn(C)c(=O)cc2C#N)cc1Br. The number of halogens is 1. The van der Waals surface area contributed by atoms with Crippen molar-refractivity contribution in [3.63, 3.8) is 0 Å². The molecule has 0 unspecified atom stereocenters. The Bertz CT molecular complexity index is 732. The smallest absolute Gasteiger partial charge is 0.267 e. The van der Waals surface area contributed by atoms with Crippen molar-refractivity contribution in [2.75, 3.05) is 7.11 Å². The molecule has 0 saturated heterocycles. The fourth-order valence-corrected chi connectivity index (χ4v) is 2.19. The summed E-state index contributed by atoms with van der Waals surface area (Å²) in [5.74, 6) is 0.687. The Labute approximate surface area is 118 Å². The summed E-state index contributed by atoms with van der Waals surface area (Å²) in [5, 5.41) is 13.2. The van der Waals surface area contributed by atoms with Gasteiger partial charge < -0.3 is 4.74 Å². The van der Waals surface area contributed by atoms with Gasteiger partial charge >= 0.3 is 0 Å². The summed E-state index contributed by atoms with van der Waals surface area (Å²) < 4.78 is 7.11. The highest BCUT2D eigenvalue weighted by Crippen LogP contribution is 2.30. The van der Waals surface area contributed by atoms with Crippen LogP contribution in [0.2, 0.25) is 0 Å². The second-order valence-corrected chi connectivity index (χ2v) is 4.68. The van der Waals surface area contributed by atoms with Gasteiger partial charge in [-0.3, -0.25) is 4.79 Å². The van der Waals surface area contributed by atoms with Crippen LogP contribution in [-0.4, -0.2) is 16.9 Å². The summed E-state index contributed by atoms with van der Waals surface area (Å²) in [7, 11) is 3.12. The first-order valence-corrected chi connectivity index (χ1v) is 6.18. The molecule has 0 amide bonds. The number of nitriles is 1. The minimum Gasteiger partial charge on any atom is -0.496 e. The van der Waals surface area contributed by atoms with Gasteiger partial charge in [-0.2, -0.15) is 10.4 Å². The van der Waals surface area contributed by atoms with E-state index in [2.05, 4.69) is 21.0 Å². The number of hydrogen-bond acceptors (Lipinski definition) is 4. The quantitative estimate of drug-likeness (QED) is 0.850. The summed E-state index contributed by atoms with van der Waals surface area (Å²) in [4.78, 5) is 11.5. The molecule has 0 aliphatic rings. The predicted molar refractivity (Wildman–Crippen MR) is 73.9 cm³/mol. The molecule has 5 nitrogen and oxygen atoms in total. The van der Waals surface area contributed by atoms with Gasteiger partial charge in [0.2, 0.25) is 0 Å². The van der Waals surface area contributed by atoms with Crippen LogP contribution in [0.4, 0.5) is 0 Å². The summed E-state index contributed by atoms with van der Waals surface area (Å²) >= 11 is 3.38. The molecule has 96 valence electrons. The monoisotopic (exact) mass is 319 g/mol. The van der Waals surface area contributed by atoms with E-state index < -0.39 is 0 Å². The first kappa shape index (κ1) is 13.3. The number of nitrogens with zero attached hydrogens (tertiary/aromatic N) is 3. The van der Waals surface area contributed by atoms with E-state index in [-0.39, 0.29) is 11.1 Å². The van der Waals surface area contributed by atoms with Gasteiger partial charge in [-0.15, -0.1) is 0 Å². The molecule has 0 spiro atoms. The van der Waals surface area contributed by atoms with Crippen LogP contribution < -0.4 is 10.3 Å². The minimum atomic E-state index is -0.312. The van der Waals surface area contributed by atoms with Crippen molar-refractivity contribution >= 4 is 15.9 Å². The fraction of sp³-hybridized carbons (Fsp3) is 0.154. The lowest BCUT2D eigenvalue weighted by Gasteiger charge is -2.08. The second kappa shape index (κ2) is 5.24. The third kappa shape index (κ3) is 2.51. The van der Waals surface area contributed by atoms with Crippen LogP contribution in [0.1, 0.15) is 5.56 Å². The number of hydrogen-bond donors (Lipinski definition) is 0. The molecule has 0 radical (unpaired) electrons. The molecule has 1 heterocycles. The number of aryl methyl sites for hydroxylation is 1. The molecule has 2 rings (SSSR count). The normalized spacial score (nSPS) is 10.0. The molecular formula is C13H10BrN3O2. The van der Waals surface area contributed by atoms with Crippen LogP contribution >= 0.6 is 15.9 Å². The van der Waals surface area contributed by atoms with Gasteiger partial charge in [0.25, 0.3) is 5.56 Å². The topological polar surface area (TPSA) is 67.9 Å². The molecule has 0 saturated carbocycles. The molecule has 0 aliphatic carbocycles. The van der Waals surface area contributed by atoms with Gasteiger partial charge in [0.1, 0.15) is 17.5 Å². The fourth-order valence-electron chi connectivity index (χ4n) is 1.65. The van der Waals surface area contributed by atoms with Crippen molar-refractivity contribution in [3.05, 3.63) is 44.7 Å². The summed E-state index contributed by atoms with van der Waals surface area (Å²) in [6.45, 7) is 0. The van der Waals surface area contributed by atoms with Gasteiger partial charge in [0.15, 0.2) is 0 Å². The zero-order valence-electron chi connectivity index (χ0n) is 10.3. The van der Waals surface area contributed by atoms with Crippen LogP contribution in [0.5, 0.6) is 5.75 Å². The lowest BCUT2D eigenvalue weighted by atomic mass is 10.1. The third-order valence-corrected chi connectivity index (χ3v) is 3.26. The molecular weight excluding hydrogens is 310 g/mol. The molecule has 0 aliphatic heterocycles. The molecule has 19 heavy (non-hydrogen) atoms. The van der Waals surface area contributed by atoms with E-state index in [0.29, 0.717) is 11.4 Å². The Morgan fingerprint density at radius 1 is 1.42 bits per heavy atom. The summed E-state index contributed by atoms with van der Waals surface area (Å²) in [6.07, 6.45) is 0. The van der Waals surface area contributed by atoms with E-state index in [1.54, 1.807) is 32.4 Å². The Kier molecular flexibility index (Phi) is 3.67. The highest BCUT2D eigenvalue weighted by molar-refractivity contribution is 9.10. The van der Waals surface area contributed by atoms with Gasteiger partial charge in [0, 0.05) is 18.7 Å². The van der Waals surface area contributed by atoms with Gasteiger partial charge in [-0.1, -0.05) is 0 Å². The van der Waals surface area contributed by atoms with Gasteiger partial charge in [-0.05, 0) is 34.1 Å². The van der Waals surface area contributed by atoms with Crippen molar-refractivity contribution in [2.24, 2.45) is 7.05 Å². The van der Waals surface area contributed by atoms with Crippen LogP contribution in [-0.2, 0) is 7.05 Å². The van der Waals surface area contributed by atoms with E-state index in [0.717, 1.165) is 10.0 Å². The lowest BCUT2D eigenvalue weighted by molar-refractivity contribution is 0.412. The zero-order valence-corrected chi connectivity index (χ0v) is 11.9. The lowest BCUT2D eigenvalue weighted by Crippen LogP contribution is -2.20. The minimum absolute atomic E-state index is 0.250. The molecule has 2 aromatic rings. The summed E-state index contributed by atoms with van der Waals surface area (Å²) in [6, 6.07) is 8.62. The molecule has 1 aromatic carbocycles. The maximum absolute atomic E-state index is 11.5. The van der Waals surface area contributed by atoms with Crippen molar-refractivity contribution < 1.29 is 4.74 Å². The van der Waals surface area contributed by atoms with Crippen molar-refractivity contribution in [2.45, 2.75) is 0 Å². The number of benzene rings is 1. The average molecular weight is 320 g/mol. The maximum Gasteiger partial charge on any atom is 0.267 e. The number of aromatic nitrogens is 2. The zero-order chi connectivity index (χ0) is 14.0. The van der Waals surface area contributed by atoms with Crippen LogP contribution in [0.15, 0.2) is 33.5 Å². The van der Waals surface area contributed by atoms with Crippen molar-refractivity contribution in [1.82, 2.24) is 9.78 Å². The van der Waals surface area contributed by atoms with Gasteiger partial charge in [-0.25, -0.2) is 4.68 Å².